The topological polar surface area (TPSA) is 75.9 Å². The van der Waals surface area contributed by atoms with Crippen LogP contribution >= 0.6 is 0 Å². The number of amides is 1. The van der Waals surface area contributed by atoms with Crippen molar-refractivity contribution in [3.05, 3.63) is 64.3 Å². The van der Waals surface area contributed by atoms with Gasteiger partial charge >= 0.3 is 5.56 Å². The number of nitrogens with zero attached hydrogens (tertiary/aromatic N) is 3. The fraction of sp³-hybridized carbons (Fsp3) is 0.250. The van der Waals surface area contributed by atoms with Gasteiger partial charge in [0.15, 0.2) is 5.52 Å². The first-order valence-corrected chi connectivity index (χ1v) is 8.89. The lowest BCUT2D eigenvalue weighted by Gasteiger charge is -2.20. The van der Waals surface area contributed by atoms with Crippen molar-refractivity contribution in [2.75, 3.05) is 13.7 Å². The number of carbonyl (C=O) groups excluding carboxylic acids is 1. The maximum absolute atomic E-state index is 13.2. The molecule has 1 fully saturated rings. The van der Waals surface area contributed by atoms with E-state index < -0.39 is 5.56 Å². The van der Waals surface area contributed by atoms with Gasteiger partial charge in [0.1, 0.15) is 23.7 Å². The summed E-state index contributed by atoms with van der Waals surface area (Å²) in [4.78, 5) is 28.1. The lowest BCUT2D eigenvalue weighted by Crippen LogP contribution is -2.42. The minimum absolute atomic E-state index is 0.0852. The summed E-state index contributed by atoms with van der Waals surface area (Å²) in [6.45, 7) is 0.644. The second-order valence-electron chi connectivity index (χ2n) is 6.84. The maximum Gasteiger partial charge on any atom is 0.385 e. The lowest BCUT2D eigenvalue weighted by atomic mass is 10.1. The monoisotopic (exact) mass is 364 g/mol. The molecule has 0 spiro atoms. The smallest absolute Gasteiger partial charge is 0.385 e. The van der Waals surface area contributed by atoms with Gasteiger partial charge in [0.05, 0.1) is 12.7 Å². The van der Waals surface area contributed by atoms with E-state index in [1.807, 2.05) is 4.90 Å². The molecule has 0 bridgehead atoms. The van der Waals surface area contributed by atoms with Crippen LogP contribution in [0.4, 0.5) is 0 Å². The SMILES string of the molecule is COc1cc[n+]2c3n(c(=O)c(O)c2c1)-c1ccccc1C(=O)N1CCC[C@@H]31. The number of hydrogen-bond acceptors (Lipinski definition) is 4. The fourth-order valence-electron chi connectivity index (χ4n) is 4.24. The highest BCUT2D eigenvalue weighted by Crippen LogP contribution is 2.37. The van der Waals surface area contributed by atoms with Gasteiger partial charge in [-0.25, -0.2) is 4.79 Å². The molecule has 3 aromatic rings. The molecule has 1 N–H and O–H groups in total. The van der Waals surface area contributed by atoms with E-state index in [4.69, 9.17) is 4.74 Å². The first-order valence-electron chi connectivity index (χ1n) is 8.89. The van der Waals surface area contributed by atoms with Crippen LogP contribution in [0.25, 0.3) is 11.2 Å². The molecule has 0 aliphatic carbocycles. The van der Waals surface area contributed by atoms with Gasteiger partial charge in [-0.15, -0.1) is 0 Å². The Kier molecular flexibility index (Phi) is 3.28. The number of aromatic nitrogens is 2. The first kappa shape index (κ1) is 15.9. The molecule has 1 amide bonds. The van der Waals surface area contributed by atoms with Gasteiger partial charge in [0, 0.05) is 18.7 Å². The first-order chi connectivity index (χ1) is 13.1. The van der Waals surface area contributed by atoms with Crippen LogP contribution in [0.2, 0.25) is 0 Å². The summed E-state index contributed by atoms with van der Waals surface area (Å²) in [7, 11) is 1.53. The Morgan fingerprint density at radius 1 is 1.22 bits per heavy atom. The average molecular weight is 364 g/mol. The molecule has 0 unspecified atom stereocenters. The van der Waals surface area contributed by atoms with Crippen molar-refractivity contribution in [2.24, 2.45) is 0 Å². The third-order valence-electron chi connectivity index (χ3n) is 5.47. The van der Waals surface area contributed by atoms with Crippen LogP contribution in [-0.2, 0) is 0 Å². The number of pyridine rings is 1. The minimum Gasteiger partial charge on any atom is -0.498 e. The van der Waals surface area contributed by atoms with Crippen molar-refractivity contribution in [3.8, 4) is 17.2 Å². The molecule has 2 aromatic heterocycles. The Bertz CT molecular complexity index is 1170. The van der Waals surface area contributed by atoms with Crippen molar-refractivity contribution in [2.45, 2.75) is 18.9 Å². The largest absolute Gasteiger partial charge is 0.498 e. The quantitative estimate of drug-likeness (QED) is 0.665. The minimum atomic E-state index is -0.535. The summed E-state index contributed by atoms with van der Waals surface area (Å²) in [6, 6.07) is 10.2. The van der Waals surface area contributed by atoms with E-state index in [9.17, 15) is 14.7 Å². The summed E-state index contributed by atoms with van der Waals surface area (Å²) < 4.78 is 8.52. The molecule has 4 heterocycles. The normalized spacial score (nSPS) is 18.0. The third kappa shape index (κ3) is 2.05. The highest BCUT2D eigenvalue weighted by atomic mass is 16.5. The number of carbonyl (C=O) groups is 1. The maximum atomic E-state index is 13.2. The van der Waals surface area contributed by atoms with Gasteiger partial charge in [-0.3, -0.25) is 4.79 Å². The van der Waals surface area contributed by atoms with E-state index in [-0.39, 0.29) is 17.7 Å². The van der Waals surface area contributed by atoms with E-state index >= 15 is 0 Å². The molecule has 27 heavy (non-hydrogen) atoms. The molecule has 5 rings (SSSR count). The predicted octanol–water partition coefficient (Wildman–Crippen LogP) is 1.58. The third-order valence-corrected chi connectivity index (χ3v) is 5.47. The van der Waals surface area contributed by atoms with E-state index in [0.717, 1.165) is 12.8 Å². The van der Waals surface area contributed by atoms with Crippen LogP contribution in [0.5, 0.6) is 11.5 Å². The zero-order chi connectivity index (χ0) is 18.7. The van der Waals surface area contributed by atoms with Crippen LogP contribution < -0.4 is 14.7 Å². The Labute approximate surface area is 154 Å². The van der Waals surface area contributed by atoms with E-state index in [2.05, 4.69) is 0 Å². The molecule has 1 saturated heterocycles. The van der Waals surface area contributed by atoms with E-state index in [1.165, 1.54) is 11.7 Å². The van der Waals surface area contributed by atoms with Gasteiger partial charge in [0.2, 0.25) is 0 Å². The summed E-state index contributed by atoms with van der Waals surface area (Å²) >= 11 is 0. The number of para-hydroxylation sites is 1. The average Bonchev–Trinajstić information content (AvgIpc) is 3.15. The van der Waals surface area contributed by atoms with Crippen LogP contribution in [0.3, 0.4) is 0 Å². The van der Waals surface area contributed by atoms with Crippen LogP contribution in [-0.4, -0.2) is 34.1 Å². The van der Waals surface area contributed by atoms with Crippen molar-refractivity contribution in [3.63, 3.8) is 0 Å². The predicted molar refractivity (Wildman–Crippen MR) is 96.4 cm³/mol. The highest BCUT2D eigenvalue weighted by Gasteiger charge is 2.44. The Hall–Kier alpha value is -3.35. The molecule has 0 radical (unpaired) electrons. The van der Waals surface area contributed by atoms with Crippen molar-refractivity contribution in [1.82, 2.24) is 9.47 Å². The van der Waals surface area contributed by atoms with Gasteiger partial charge in [-0.05, 0) is 25.0 Å². The second kappa shape index (κ2) is 5.57. The lowest BCUT2D eigenvalue weighted by molar-refractivity contribution is -0.532. The van der Waals surface area contributed by atoms with Crippen molar-refractivity contribution >= 4 is 11.4 Å². The second-order valence-corrected chi connectivity index (χ2v) is 6.84. The molecule has 1 aromatic carbocycles. The van der Waals surface area contributed by atoms with Gasteiger partial charge in [-0.1, -0.05) is 12.1 Å². The van der Waals surface area contributed by atoms with Crippen LogP contribution in [0, 0.1) is 0 Å². The number of hydrogen-bond donors (Lipinski definition) is 1. The number of methoxy groups -OCH3 is 1. The summed E-state index contributed by atoms with van der Waals surface area (Å²) in [5.41, 5.74) is 0.798. The van der Waals surface area contributed by atoms with E-state index in [1.54, 1.807) is 47.0 Å². The Morgan fingerprint density at radius 3 is 2.85 bits per heavy atom. The Balaban J connectivity index is 1.98. The van der Waals surface area contributed by atoms with Crippen LogP contribution in [0.1, 0.15) is 35.1 Å². The molecule has 7 heteroatoms. The van der Waals surface area contributed by atoms with Crippen LogP contribution in [0.15, 0.2) is 47.4 Å². The van der Waals surface area contributed by atoms with E-state index in [0.29, 0.717) is 34.9 Å². The van der Waals surface area contributed by atoms with Gasteiger partial charge in [-0.2, -0.15) is 8.97 Å². The highest BCUT2D eigenvalue weighted by molar-refractivity contribution is 5.98. The number of rotatable bonds is 1. The number of aromatic hydroxyl groups is 1. The number of benzene rings is 1. The zero-order valence-electron chi connectivity index (χ0n) is 14.8. The fourth-order valence-corrected chi connectivity index (χ4v) is 4.24. The van der Waals surface area contributed by atoms with Gasteiger partial charge < -0.3 is 14.7 Å². The molecule has 1 atom stereocenters. The summed E-state index contributed by atoms with van der Waals surface area (Å²) in [5, 5.41) is 10.6. The molecule has 136 valence electrons. The van der Waals surface area contributed by atoms with Crippen molar-refractivity contribution < 1.29 is 19.0 Å². The summed E-state index contributed by atoms with van der Waals surface area (Å²) in [5.74, 6) is 0.763. The van der Waals surface area contributed by atoms with Gasteiger partial charge in [0.25, 0.3) is 17.5 Å². The summed E-state index contributed by atoms with van der Waals surface area (Å²) in [6.07, 6.45) is 3.40. The molecular formula is C20H18N3O4+. The molecule has 2 aliphatic heterocycles. The Morgan fingerprint density at radius 2 is 2.04 bits per heavy atom. The molecule has 0 saturated carbocycles. The molecular weight excluding hydrogens is 346 g/mol. The zero-order valence-corrected chi connectivity index (χ0v) is 14.8. The molecule has 2 aliphatic rings. The standard InChI is InChI=1S/C20H17N3O4/c1-27-12-8-10-21-16(11-12)17(24)20(26)23-14-6-3-2-5-13(14)19(25)22-9-4-7-15(22)18(21)23/h2-3,5-6,8,10-11,15H,4,7,9H2,1H3/p+1/t15-/m0/s1. The number of fused-ring (bicyclic) bond motifs is 7. The molecule has 7 nitrogen and oxygen atoms in total. The number of ether oxygens (including phenoxy) is 1. The van der Waals surface area contributed by atoms with Crippen molar-refractivity contribution in [1.29, 1.82) is 0 Å².